The number of sulfone groups is 1. The van der Waals surface area contributed by atoms with Crippen molar-refractivity contribution in [3.8, 4) is 62.5 Å². The highest BCUT2D eigenvalue weighted by Gasteiger charge is 2.43. The van der Waals surface area contributed by atoms with Crippen molar-refractivity contribution in [2.75, 3.05) is 6.26 Å². The number of nitriles is 1. The number of nitrogens with zero attached hydrogens (tertiary/aromatic N) is 4. The zero-order valence-corrected chi connectivity index (χ0v) is 25.6. The van der Waals surface area contributed by atoms with Gasteiger partial charge in [0, 0.05) is 42.5 Å². The first kappa shape index (κ1) is 30.9. The summed E-state index contributed by atoms with van der Waals surface area (Å²) in [4.78, 5) is 4.17. The molecule has 6 rings (SSSR count). The molecule has 0 unspecified atom stereocenters. The van der Waals surface area contributed by atoms with Crippen LogP contribution >= 0.6 is 0 Å². The first-order chi connectivity index (χ1) is 21.7. The fourth-order valence-corrected chi connectivity index (χ4v) is 6.27. The third-order valence-corrected chi connectivity index (χ3v) is 8.69. The molecular formula is C32H25F3N4O6S. The molecule has 3 aromatic carbocycles. The molecule has 0 spiro atoms. The van der Waals surface area contributed by atoms with Crippen LogP contribution < -0.4 is 9.47 Å². The molecule has 3 heterocycles. The van der Waals surface area contributed by atoms with Crippen molar-refractivity contribution in [1.29, 1.82) is 5.26 Å². The standard InChI is InChI=1S/C32H25F3N4O6S/c1-16(14-36)25-13-26(39(3)38-25)21-7-5-18(20-10-24(33)23(15-40)29(12-20)46(4,41)42)9-22(21)31-30(37-17(2)43-31)19-6-8-27-28(11-19)45-32(34,35)44-27/h5-13,16,40H,15H2,1-4H3/t16-/m1/s1. The zero-order chi connectivity index (χ0) is 33.1. The molecule has 5 aromatic rings. The van der Waals surface area contributed by atoms with Gasteiger partial charge in [0.05, 0.1) is 34.9 Å². The van der Waals surface area contributed by atoms with Crippen LogP contribution in [-0.2, 0) is 23.5 Å². The van der Waals surface area contributed by atoms with Crippen LogP contribution in [-0.4, -0.2) is 40.8 Å². The molecule has 0 saturated heterocycles. The maximum absolute atomic E-state index is 15.1. The number of aliphatic hydroxyl groups is 1. The van der Waals surface area contributed by atoms with Crippen LogP contribution in [0.2, 0.25) is 0 Å². The number of rotatable bonds is 7. The maximum Gasteiger partial charge on any atom is 0.586 e. The number of halogens is 3. The van der Waals surface area contributed by atoms with Gasteiger partial charge in [0.2, 0.25) is 0 Å². The van der Waals surface area contributed by atoms with E-state index in [9.17, 15) is 27.6 Å². The Morgan fingerprint density at radius 3 is 2.43 bits per heavy atom. The first-order valence-corrected chi connectivity index (χ1v) is 15.7. The summed E-state index contributed by atoms with van der Waals surface area (Å²) in [5.41, 5.74) is 2.97. The minimum atomic E-state index is -3.92. The van der Waals surface area contributed by atoms with Gasteiger partial charge < -0.3 is 19.0 Å². The van der Waals surface area contributed by atoms with Crippen LogP contribution in [0.4, 0.5) is 13.2 Å². The minimum Gasteiger partial charge on any atom is -0.440 e. The Labute approximate surface area is 261 Å². The Kier molecular flexibility index (Phi) is 7.41. The SMILES string of the molecule is Cc1nc(-c2ccc3c(c2)OC(F)(F)O3)c(-c2cc(-c3cc(F)c(CO)c(S(C)(=O)=O)c3)ccc2-c2cc([C@H](C)C#N)nn2C)o1. The molecule has 236 valence electrons. The van der Waals surface area contributed by atoms with Crippen LogP contribution in [0.15, 0.2) is 63.9 Å². The van der Waals surface area contributed by atoms with Crippen molar-refractivity contribution < 1.29 is 40.6 Å². The molecule has 1 atom stereocenters. The van der Waals surface area contributed by atoms with Crippen molar-refractivity contribution in [3.63, 3.8) is 0 Å². The summed E-state index contributed by atoms with van der Waals surface area (Å²) in [5.74, 6) is -1.31. The second-order valence-electron chi connectivity index (χ2n) is 10.8. The van der Waals surface area contributed by atoms with Crippen molar-refractivity contribution in [2.45, 2.75) is 37.6 Å². The van der Waals surface area contributed by atoms with E-state index in [1.54, 1.807) is 49.8 Å². The fourth-order valence-electron chi connectivity index (χ4n) is 5.32. The third-order valence-electron chi connectivity index (χ3n) is 7.53. The summed E-state index contributed by atoms with van der Waals surface area (Å²) in [7, 11) is -2.22. The third kappa shape index (κ3) is 5.48. The van der Waals surface area contributed by atoms with Crippen molar-refractivity contribution >= 4 is 9.84 Å². The number of ether oxygens (including phenoxy) is 2. The Hall–Kier alpha value is -5.13. The number of hydrogen-bond acceptors (Lipinski definition) is 9. The van der Waals surface area contributed by atoms with Crippen LogP contribution in [0.5, 0.6) is 11.5 Å². The highest BCUT2D eigenvalue weighted by atomic mass is 32.2. The Bertz CT molecular complexity index is 2190. The number of hydrogen-bond donors (Lipinski definition) is 1. The lowest BCUT2D eigenvalue weighted by molar-refractivity contribution is -0.286. The number of aliphatic hydroxyl groups excluding tert-OH is 1. The molecule has 10 nitrogen and oxygen atoms in total. The van der Waals surface area contributed by atoms with E-state index in [4.69, 9.17) is 4.42 Å². The van der Waals surface area contributed by atoms with Crippen LogP contribution in [0, 0.1) is 24.1 Å². The van der Waals surface area contributed by atoms with E-state index < -0.39 is 34.5 Å². The Morgan fingerprint density at radius 2 is 1.74 bits per heavy atom. The molecule has 14 heteroatoms. The largest absolute Gasteiger partial charge is 0.586 e. The molecule has 46 heavy (non-hydrogen) atoms. The molecule has 0 aliphatic carbocycles. The van der Waals surface area contributed by atoms with E-state index >= 15 is 4.39 Å². The molecular weight excluding hydrogens is 625 g/mol. The number of oxazole rings is 1. The van der Waals surface area contributed by atoms with Gasteiger partial charge >= 0.3 is 6.29 Å². The summed E-state index contributed by atoms with van der Waals surface area (Å²) in [6.07, 6.45) is -2.90. The average Bonchev–Trinajstić information content (AvgIpc) is 3.67. The van der Waals surface area contributed by atoms with E-state index in [1.807, 2.05) is 0 Å². The van der Waals surface area contributed by atoms with Gasteiger partial charge in [-0.15, -0.1) is 8.78 Å². The van der Waals surface area contributed by atoms with Crippen LogP contribution in [0.25, 0.3) is 45.0 Å². The molecule has 1 N–H and O–H groups in total. The quantitative estimate of drug-likeness (QED) is 0.213. The maximum atomic E-state index is 15.1. The topological polar surface area (TPSA) is 140 Å². The van der Waals surface area contributed by atoms with Crippen LogP contribution in [0.3, 0.4) is 0 Å². The van der Waals surface area contributed by atoms with Gasteiger partial charge in [0.15, 0.2) is 33.0 Å². The Morgan fingerprint density at radius 1 is 1.02 bits per heavy atom. The number of alkyl halides is 2. The summed E-state index contributed by atoms with van der Waals surface area (Å²) in [5, 5.41) is 23.6. The molecule has 0 saturated carbocycles. The van der Waals surface area contributed by atoms with Gasteiger partial charge in [0.1, 0.15) is 11.5 Å². The normalized spacial score (nSPS) is 14.3. The molecule has 0 fully saturated rings. The molecule has 2 aromatic heterocycles. The summed E-state index contributed by atoms with van der Waals surface area (Å²) >= 11 is 0. The van der Waals surface area contributed by atoms with Gasteiger partial charge in [-0.3, -0.25) is 4.68 Å². The molecule has 0 bridgehead atoms. The van der Waals surface area contributed by atoms with E-state index in [2.05, 4.69) is 25.6 Å². The molecule has 1 aliphatic heterocycles. The highest BCUT2D eigenvalue weighted by molar-refractivity contribution is 7.90. The number of aromatic nitrogens is 3. The summed E-state index contributed by atoms with van der Waals surface area (Å²) in [6.45, 7) is 2.50. The lowest BCUT2D eigenvalue weighted by atomic mass is 9.93. The van der Waals surface area contributed by atoms with E-state index in [0.717, 1.165) is 12.3 Å². The van der Waals surface area contributed by atoms with Gasteiger partial charge in [0.25, 0.3) is 0 Å². The molecule has 1 aliphatic rings. The van der Waals surface area contributed by atoms with Crippen molar-refractivity contribution in [2.24, 2.45) is 7.05 Å². The minimum absolute atomic E-state index is 0.151. The predicted molar refractivity (Wildman–Crippen MR) is 159 cm³/mol. The number of aryl methyl sites for hydroxylation is 2. The predicted octanol–water partition coefficient (Wildman–Crippen LogP) is 6.37. The summed E-state index contributed by atoms with van der Waals surface area (Å²) < 4.78 is 84.6. The van der Waals surface area contributed by atoms with E-state index in [-0.39, 0.29) is 44.9 Å². The van der Waals surface area contributed by atoms with E-state index in [0.29, 0.717) is 33.6 Å². The van der Waals surface area contributed by atoms with Crippen molar-refractivity contribution in [1.82, 2.24) is 14.8 Å². The van der Waals surface area contributed by atoms with Crippen molar-refractivity contribution in [3.05, 3.63) is 77.6 Å². The number of benzene rings is 3. The fraction of sp³-hybridized carbons (Fsp3) is 0.219. The smallest absolute Gasteiger partial charge is 0.440 e. The number of fused-ring (bicyclic) bond motifs is 1. The monoisotopic (exact) mass is 650 g/mol. The zero-order valence-electron chi connectivity index (χ0n) is 24.8. The van der Waals surface area contributed by atoms with Gasteiger partial charge in [-0.05, 0) is 60.5 Å². The van der Waals surface area contributed by atoms with Crippen LogP contribution in [0.1, 0.15) is 30.0 Å². The molecule has 0 amide bonds. The lowest BCUT2D eigenvalue weighted by Gasteiger charge is -2.14. The first-order valence-electron chi connectivity index (χ1n) is 13.8. The van der Waals surface area contributed by atoms with Gasteiger partial charge in [-0.2, -0.15) is 10.4 Å². The lowest BCUT2D eigenvalue weighted by Crippen LogP contribution is -2.25. The summed E-state index contributed by atoms with van der Waals surface area (Å²) in [6, 6.07) is 15.5. The Balaban J connectivity index is 1.59. The van der Waals surface area contributed by atoms with Gasteiger partial charge in [-0.25, -0.2) is 17.8 Å². The van der Waals surface area contributed by atoms with Gasteiger partial charge in [-0.1, -0.05) is 12.1 Å². The highest BCUT2D eigenvalue weighted by Crippen LogP contribution is 2.46. The molecule has 0 radical (unpaired) electrons. The average molecular weight is 651 g/mol. The van der Waals surface area contributed by atoms with E-state index in [1.165, 1.54) is 24.3 Å². The second-order valence-corrected chi connectivity index (χ2v) is 12.8. The second kappa shape index (κ2) is 11.0.